The molecule has 1 aromatic heterocycles. The van der Waals surface area contributed by atoms with Crippen LogP contribution in [0.15, 0.2) is 30.5 Å². The zero-order valence-electron chi connectivity index (χ0n) is 13.6. The molecule has 0 saturated heterocycles. The van der Waals surface area contributed by atoms with Crippen LogP contribution in [0.1, 0.15) is 48.7 Å². The number of benzene rings is 1. The summed E-state index contributed by atoms with van der Waals surface area (Å²) in [6, 6.07) is 9.23. The molecule has 2 rings (SSSR count). The van der Waals surface area contributed by atoms with E-state index in [0.717, 1.165) is 25.0 Å². The zero-order chi connectivity index (χ0) is 15.4. The molecule has 0 radical (unpaired) electrons. The van der Waals surface area contributed by atoms with Crippen molar-refractivity contribution >= 4 is 0 Å². The molecular formula is C18H27N3. The van der Waals surface area contributed by atoms with Crippen molar-refractivity contribution in [3.8, 4) is 0 Å². The lowest BCUT2D eigenvalue weighted by atomic mass is 9.97. The highest BCUT2D eigenvalue weighted by molar-refractivity contribution is 5.31. The van der Waals surface area contributed by atoms with Gasteiger partial charge in [0.25, 0.3) is 0 Å². The molecule has 0 saturated carbocycles. The molecule has 0 aliphatic rings. The fourth-order valence-corrected chi connectivity index (χ4v) is 2.56. The standard InChI is InChI=1S/C18H27N3/c1-5-15(4)21-9-8-18(20-21)12-17(19)11-16-10-13(2)6-7-14(16)3/h6-10,15,17H,5,11-12,19H2,1-4H3. The lowest BCUT2D eigenvalue weighted by molar-refractivity contribution is 0.471. The smallest absolute Gasteiger partial charge is 0.0640 e. The van der Waals surface area contributed by atoms with Gasteiger partial charge in [-0.25, -0.2) is 0 Å². The van der Waals surface area contributed by atoms with Gasteiger partial charge in [-0.1, -0.05) is 30.7 Å². The molecule has 2 unspecified atom stereocenters. The summed E-state index contributed by atoms with van der Waals surface area (Å²) in [5.41, 5.74) is 11.4. The van der Waals surface area contributed by atoms with E-state index in [-0.39, 0.29) is 6.04 Å². The predicted octanol–water partition coefficient (Wildman–Crippen LogP) is 3.58. The molecule has 0 fully saturated rings. The largest absolute Gasteiger partial charge is 0.327 e. The molecule has 114 valence electrons. The van der Waals surface area contributed by atoms with E-state index in [0.29, 0.717) is 6.04 Å². The predicted molar refractivity (Wildman–Crippen MR) is 88.5 cm³/mol. The third-order valence-electron chi connectivity index (χ3n) is 4.16. The van der Waals surface area contributed by atoms with E-state index in [4.69, 9.17) is 5.73 Å². The molecule has 0 aliphatic carbocycles. The highest BCUT2D eigenvalue weighted by atomic mass is 15.3. The van der Waals surface area contributed by atoms with Gasteiger partial charge in [0.1, 0.15) is 0 Å². The first-order chi connectivity index (χ1) is 9.99. The zero-order valence-corrected chi connectivity index (χ0v) is 13.6. The van der Waals surface area contributed by atoms with Gasteiger partial charge < -0.3 is 5.73 Å². The second kappa shape index (κ2) is 6.90. The van der Waals surface area contributed by atoms with Crippen LogP contribution >= 0.6 is 0 Å². The minimum atomic E-state index is 0.116. The molecule has 21 heavy (non-hydrogen) atoms. The maximum absolute atomic E-state index is 6.33. The SMILES string of the molecule is CCC(C)n1ccc(CC(N)Cc2cc(C)ccc2C)n1. The van der Waals surface area contributed by atoms with Gasteiger partial charge in [-0.2, -0.15) is 5.10 Å². The summed E-state index contributed by atoms with van der Waals surface area (Å²) >= 11 is 0. The first-order valence-corrected chi connectivity index (χ1v) is 7.85. The van der Waals surface area contributed by atoms with Crippen molar-refractivity contribution in [1.82, 2.24) is 9.78 Å². The van der Waals surface area contributed by atoms with Crippen LogP contribution in [0.3, 0.4) is 0 Å². The highest BCUT2D eigenvalue weighted by Gasteiger charge is 2.11. The second-order valence-corrected chi connectivity index (χ2v) is 6.14. The monoisotopic (exact) mass is 285 g/mol. The van der Waals surface area contributed by atoms with Crippen molar-refractivity contribution in [1.29, 1.82) is 0 Å². The van der Waals surface area contributed by atoms with E-state index in [9.17, 15) is 0 Å². The molecule has 1 aromatic carbocycles. The van der Waals surface area contributed by atoms with E-state index in [1.54, 1.807) is 0 Å². The van der Waals surface area contributed by atoms with E-state index in [2.05, 4.69) is 63.3 Å². The Morgan fingerprint density at radius 3 is 2.67 bits per heavy atom. The third-order valence-corrected chi connectivity index (χ3v) is 4.16. The fourth-order valence-electron chi connectivity index (χ4n) is 2.56. The van der Waals surface area contributed by atoms with Crippen molar-refractivity contribution in [3.05, 3.63) is 52.8 Å². The minimum absolute atomic E-state index is 0.116. The molecule has 2 atom stereocenters. The van der Waals surface area contributed by atoms with Gasteiger partial charge in [0.05, 0.1) is 5.69 Å². The third kappa shape index (κ3) is 4.18. The van der Waals surface area contributed by atoms with Gasteiger partial charge in [-0.15, -0.1) is 0 Å². The molecule has 0 bridgehead atoms. The van der Waals surface area contributed by atoms with Gasteiger partial charge >= 0.3 is 0 Å². The number of nitrogens with two attached hydrogens (primary N) is 1. The topological polar surface area (TPSA) is 43.8 Å². The van der Waals surface area contributed by atoms with Crippen LogP contribution < -0.4 is 5.73 Å². The van der Waals surface area contributed by atoms with Gasteiger partial charge in [0, 0.05) is 24.7 Å². The molecule has 0 amide bonds. The van der Waals surface area contributed by atoms with Gasteiger partial charge in [-0.05, 0) is 50.8 Å². The Balaban J connectivity index is 1.99. The maximum atomic E-state index is 6.33. The summed E-state index contributed by atoms with van der Waals surface area (Å²) in [5, 5.41) is 4.64. The highest BCUT2D eigenvalue weighted by Crippen LogP contribution is 2.15. The molecule has 0 aliphatic heterocycles. The van der Waals surface area contributed by atoms with E-state index in [1.165, 1.54) is 16.7 Å². The normalized spacial score (nSPS) is 14.1. The van der Waals surface area contributed by atoms with Crippen LogP contribution in [0, 0.1) is 13.8 Å². The Bertz CT molecular complexity index is 586. The van der Waals surface area contributed by atoms with Gasteiger partial charge in [-0.3, -0.25) is 4.68 Å². The van der Waals surface area contributed by atoms with Crippen LogP contribution in [0.2, 0.25) is 0 Å². The van der Waals surface area contributed by atoms with E-state index >= 15 is 0 Å². The first kappa shape index (κ1) is 15.8. The lowest BCUT2D eigenvalue weighted by Crippen LogP contribution is -2.26. The number of hydrogen-bond acceptors (Lipinski definition) is 2. The molecule has 2 N–H and O–H groups in total. The number of aromatic nitrogens is 2. The molecule has 0 spiro atoms. The summed E-state index contributed by atoms with van der Waals surface area (Å²) in [7, 11) is 0. The van der Waals surface area contributed by atoms with Crippen LogP contribution in [0.5, 0.6) is 0 Å². The minimum Gasteiger partial charge on any atom is -0.327 e. The number of nitrogens with zero attached hydrogens (tertiary/aromatic N) is 2. The Kier molecular flexibility index (Phi) is 5.18. The summed E-state index contributed by atoms with van der Waals surface area (Å²) in [4.78, 5) is 0. The molecular weight excluding hydrogens is 258 g/mol. The fraction of sp³-hybridized carbons (Fsp3) is 0.500. The van der Waals surface area contributed by atoms with E-state index in [1.807, 2.05) is 4.68 Å². The van der Waals surface area contributed by atoms with Crippen molar-refractivity contribution in [3.63, 3.8) is 0 Å². The number of rotatable bonds is 6. The van der Waals surface area contributed by atoms with Gasteiger partial charge in [0.15, 0.2) is 0 Å². The second-order valence-electron chi connectivity index (χ2n) is 6.14. The Labute approximate surface area is 128 Å². The Morgan fingerprint density at radius 2 is 1.95 bits per heavy atom. The Morgan fingerprint density at radius 1 is 1.19 bits per heavy atom. The van der Waals surface area contributed by atoms with Crippen molar-refractivity contribution in [2.75, 3.05) is 0 Å². The van der Waals surface area contributed by atoms with Crippen LogP contribution in [0.4, 0.5) is 0 Å². The lowest BCUT2D eigenvalue weighted by Gasteiger charge is -2.13. The molecule has 3 nitrogen and oxygen atoms in total. The van der Waals surface area contributed by atoms with Crippen molar-refractivity contribution in [2.24, 2.45) is 5.73 Å². The van der Waals surface area contributed by atoms with Gasteiger partial charge in [0.2, 0.25) is 0 Å². The van der Waals surface area contributed by atoms with Crippen LogP contribution in [-0.2, 0) is 12.8 Å². The first-order valence-electron chi connectivity index (χ1n) is 7.85. The van der Waals surface area contributed by atoms with E-state index < -0.39 is 0 Å². The summed E-state index contributed by atoms with van der Waals surface area (Å²) in [5.74, 6) is 0. The average molecular weight is 285 g/mol. The Hall–Kier alpha value is -1.61. The van der Waals surface area contributed by atoms with Crippen molar-refractivity contribution in [2.45, 2.75) is 59.0 Å². The number of aryl methyl sites for hydroxylation is 2. The summed E-state index contributed by atoms with van der Waals surface area (Å²) < 4.78 is 2.04. The molecule has 3 heteroatoms. The molecule has 2 aromatic rings. The van der Waals surface area contributed by atoms with Crippen LogP contribution in [0.25, 0.3) is 0 Å². The summed E-state index contributed by atoms with van der Waals surface area (Å²) in [6.07, 6.45) is 4.89. The average Bonchev–Trinajstić information content (AvgIpc) is 2.90. The molecule has 1 heterocycles. The quantitative estimate of drug-likeness (QED) is 0.881. The maximum Gasteiger partial charge on any atom is 0.0640 e. The number of hydrogen-bond donors (Lipinski definition) is 1. The van der Waals surface area contributed by atoms with Crippen LogP contribution in [-0.4, -0.2) is 15.8 Å². The summed E-state index contributed by atoms with van der Waals surface area (Å²) in [6.45, 7) is 8.65. The van der Waals surface area contributed by atoms with Crippen molar-refractivity contribution < 1.29 is 0 Å².